The molecule has 0 aromatic rings. The third-order valence-electron chi connectivity index (χ3n) is 4.55. The van der Waals surface area contributed by atoms with E-state index in [-0.39, 0.29) is 0 Å². The lowest BCUT2D eigenvalue weighted by Gasteiger charge is -2.35. The molecule has 2 aliphatic rings. The van der Waals surface area contributed by atoms with E-state index >= 15 is 0 Å². The highest BCUT2D eigenvalue weighted by molar-refractivity contribution is 4.88. The van der Waals surface area contributed by atoms with Crippen LogP contribution in [0.1, 0.15) is 46.5 Å². The highest BCUT2D eigenvalue weighted by Crippen LogP contribution is 2.33. The van der Waals surface area contributed by atoms with Gasteiger partial charge in [-0.1, -0.05) is 20.8 Å². The average Bonchev–Trinajstić information content (AvgIpc) is 2.52. The Kier molecular flexibility index (Phi) is 3.60. The van der Waals surface area contributed by atoms with E-state index in [0.29, 0.717) is 11.5 Å². The van der Waals surface area contributed by atoms with Crippen molar-refractivity contribution in [3.05, 3.63) is 0 Å². The van der Waals surface area contributed by atoms with Crippen molar-refractivity contribution in [3.8, 4) is 0 Å². The predicted octanol–water partition coefficient (Wildman–Crippen LogP) is 2.48. The van der Waals surface area contributed by atoms with Crippen molar-refractivity contribution in [3.63, 3.8) is 0 Å². The Morgan fingerprint density at radius 3 is 2.69 bits per heavy atom. The monoisotopic (exact) mass is 224 g/mol. The van der Waals surface area contributed by atoms with Gasteiger partial charge in [0, 0.05) is 19.1 Å². The van der Waals surface area contributed by atoms with Crippen molar-refractivity contribution < 1.29 is 0 Å². The molecule has 3 unspecified atom stereocenters. The first-order chi connectivity index (χ1) is 7.46. The number of nitrogens with two attached hydrogens (primary N) is 1. The normalized spacial score (nSPS) is 40.1. The van der Waals surface area contributed by atoms with Gasteiger partial charge in [-0.2, -0.15) is 0 Å². The van der Waals surface area contributed by atoms with Gasteiger partial charge in [-0.3, -0.25) is 0 Å². The summed E-state index contributed by atoms with van der Waals surface area (Å²) in [5.74, 6) is 1.64. The Labute approximate surface area is 101 Å². The summed E-state index contributed by atoms with van der Waals surface area (Å²) in [6, 6.07) is 0.458. The lowest BCUT2D eigenvalue weighted by molar-refractivity contribution is 0.172. The Bertz CT molecular complexity index is 237. The Morgan fingerprint density at radius 2 is 2.06 bits per heavy atom. The zero-order valence-corrected chi connectivity index (χ0v) is 11.2. The molecular weight excluding hydrogens is 196 g/mol. The molecule has 1 saturated heterocycles. The van der Waals surface area contributed by atoms with Gasteiger partial charge in [0.15, 0.2) is 0 Å². The second kappa shape index (κ2) is 4.66. The first kappa shape index (κ1) is 12.4. The first-order valence-corrected chi connectivity index (χ1v) is 6.94. The van der Waals surface area contributed by atoms with Crippen LogP contribution in [0, 0.1) is 17.3 Å². The average molecular weight is 224 g/mol. The van der Waals surface area contributed by atoms with Crippen molar-refractivity contribution in [2.45, 2.75) is 52.5 Å². The van der Waals surface area contributed by atoms with Crippen LogP contribution in [-0.4, -0.2) is 30.6 Å². The lowest BCUT2D eigenvalue weighted by Crippen LogP contribution is -2.42. The fraction of sp³-hybridized carbons (Fsp3) is 1.00. The van der Waals surface area contributed by atoms with Crippen molar-refractivity contribution in [2.24, 2.45) is 23.0 Å². The molecule has 0 aromatic carbocycles. The molecule has 3 atom stereocenters. The molecule has 2 rings (SSSR count). The molecule has 0 bridgehead atoms. The number of likely N-dealkylation sites (tertiary alicyclic amines) is 1. The molecule has 1 saturated carbocycles. The molecule has 0 amide bonds. The van der Waals surface area contributed by atoms with E-state index in [1.807, 2.05) is 0 Å². The molecule has 2 N–H and O–H groups in total. The smallest absolute Gasteiger partial charge is 0.00795 e. The third kappa shape index (κ3) is 2.98. The molecule has 2 heteroatoms. The van der Waals surface area contributed by atoms with Gasteiger partial charge in [0.25, 0.3) is 0 Å². The van der Waals surface area contributed by atoms with Crippen molar-refractivity contribution in [1.29, 1.82) is 0 Å². The van der Waals surface area contributed by atoms with Gasteiger partial charge in [0.2, 0.25) is 0 Å². The van der Waals surface area contributed by atoms with Crippen LogP contribution in [0.3, 0.4) is 0 Å². The van der Waals surface area contributed by atoms with E-state index in [2.05, 4.69) is 25.7 Å². The summed E-state index contributed by atoms with van der Waals surface area (Å²) in [5, 5.41) is 0. The molecular formula is C14H28N2. The zero-order chi connectivity index (χ0) is 11.8. The summed E-state index contributed by atoms with van der Waals surface area (Å²) >= 11 is 0. The Balaban J connectivity index is 1.84. The van der Waals surface area contributed by atoms with Gasteiger partial charge < -0.3 is 10.6 Å². The molecule has 0 aromatic heterocycles. The molecule has 0 radical (unpaired) electrons. The predicted molar refractivity (Wildman–Crippen MR) is 69.3 cm³/mol. The van der Waals surface area contributed by atoms with E-state index in [4.69, 9.17) is 5.73 Å². The minimum atomic E-state index is 0.458. The highest BCUT2D eigenvalue weighted by Gasteiger charge is 2.33. The Morgan fingerprint density at radius 1 is 1.31 bits per heavy atom. The molecule has 2 fully saturated rings. The van der Waals surface area contributed by atoms with Crippen LogP contribution in [-0.2, 0) is 0 Å². The maximum absolute atomic E-state index is 6.26. The minimum Gasteiger partial charge on any atom is -0.327 e. The number of hydrogen-bond acceptors (Lipinski definition) is 2. The van der Waals surface area contributed by atoms with Crippen LogP contribution in [0.25, 0.3) is 0 Å². The fourth-order valence-electron chi connectivity index (χ4n) is 3.44. The minimum absolute atomic E-state index is 0.458. The van der Waals surface area contributed by atoms with Crippen molar-refractivity contribution in [1.82, 2.24) is 4.90 Å². The summed E-state index contributed by atoms with van der Waals surface area (Å²) in [5.41, 5.74) is 6.79. The van der Waals surface area contributed by atoms with Crippen LogP contribution < -0.4 is 5.73 Å². The van der Waals surface area contributed by atoms with Crippen LogP contribution in [0.5, 0.6) is 0 Å². The summed E-state index contributed by atoms with van der Waals surface area (Å²) in [4.78, 5) is 2.64. The quantitative estimate of drug-likeness (QED) is 0.781. The van der Waals surface area contributed by atoms with E-state index in [1.54, 1.807) is 0 Å². The number of rotatable bonds is 2. The molecule has 0 spiro atoms. The summed E-state index contributed by atoms with van der Waals surface area (Å²) in [6.07, 6.45) is 5.27. The van der Waals surface area contributed by atoms with Gasteiger partial charge in [-0.25, -0.2) is 0 Å². The van der Waals surface area contributed by atoms with Crippen molar-refractivity contribution >= 4 is 0 Å². The molecule has 1 aliphatic heterocycles. The van der Waals surface area contributed by atoms with Crippen molar-refractivity contribution in [2.75, 3.05) is 19.6 Å². The molecule has 2 nitrogen and oxygen atoms in total. The maximum atomic E-state index is 6.26. The molecule has 1 aliphatic carbocycles. The summed E-state index contributed by atoms with van der Waals surface area (Å²) in [6.45, 7) is 10.9. The van der Waals surface area contributed by atoms with Crippen LogP contribution in [0.15, 0.2) is 0 Å². The molecule has 1 heterocycles. The summed E-state index contributed by atoms with van der Waals surface area (Å²) in [7, 11) is 0. The first-order valence-electron chi connectivity index (χ1n) is 6.94. The van der Waals surface area contributed by atoms with Crippen LogP contribution in [0.4, 0.5) is 0 Å². The second-order valence-corrected chi connectivity index (χ2v) is 6.99. The van der Waals surface area contributed by atoms with Gasteiger partial charge in [-0.05, 0) is 49.5 Å². The number of hydrogen-bond donors (Lipinski definition) is 1. The standard InChI is InChI=1S/C14H28N2/c1-11-4-5-13(15)12(8-11)9-16-7-6-14(2,3)10-16/h11-13H,4-10,15H2,1-3H3. The maximum Gasteiger partial charge on any atom is 0.00795 e. The Hall–Kier alpha value is -0.0800. The largest absolute Gasteiger partial charge is 0.327 e. The van der Waals surface area contributed by atoms with E-state index in [0.717, 1.165) is 11.8 Å². The van der Waals surface area contributed by atoms with Crippen LogP contribution >= 0.6 is 0 Å². The van der Waals surface area contributed by atoms with Gasteiger partial charge in [-0.15, -0.1) is 0 Å². The second-order valence-electron chi connectivity index (χ2n) is 6.99. The highest BCUT2D eigenvalue weighted by atomic mass is 15.2. The molecule has 94 valence electrons. The summed E-state index contributed by atoms with van der Waals surface area (Å²) < 4.78 is 0. The third-order valence-corrected chi connectivity index (χ3v) is 4.55. The SMILES string of the molecule is CC1CCC(N)C(CN2CCC(C)(C)C2)C1. The topological polar surface area (TPSA) is 29.3 Å². The van der Waals surface area contributed by atoms with E-state index in [1.165, 1.54) is 45.3 Å². The van der Waals surface area contributed by atoms with Gasteiger partial charge in [0.05, 0.1) is 0 Å². The lowest BCUT2D eigenvalue weighted by atomic mass is 9.79. The molecule has 16 heavy (non-hydrogen) atoms. The zero-order valence-electron chi connectivity index (χ0n) is 11.2. The van der Waals surface area contributed by atoms with Crippen LogP contribution in [0.2, 0.25) is 0 Å². The van der Waals surface area contributed by atoms with Gasteiger partial charge >= 0.3 is 0 Å². The van der Waals surface area contributed by atoms with E-state index in [9.17, 15) is 0 Å². The van der Waals surface area contributed by atoms with E-state index < -0.39 is 0 Å². The number of nitrogens with zero attached hydrogens (tertiary/aromatic N) is 1. The fourth-order valence-corrected chi connectivity index (χ4v) is 3.44. The van der Waals surface area contributed by atoms with Gasteiger partial charge in [0.1, 0.15) is 0 Å².